The van der Waals surface area contributed by atoms with Crippen LogP contribution >= 0.6 is 27.5 Å². The van der Waals surface area contributed by atoms with E-state index in [4.69, 9.17) is 16.3 Å². The Balaban J connectivity index is 2.85. The van der Waals surface area contributed by atoms with Gasteiger partial charge in [-0.25, -0.2) is 4.52 Å². The van der Waals surface area contributed by atoms with Crippen LogP contribution in [0.25, 0.3) is 5.52 Å². The Kier molecular flexibility index (Phi) is 2.13. The number of rotatable bonds is 1. The zero-order valence-electron chi connectivity index (χ0n) is 6.66. The fourth-order valence-electron chi connectivity index (χ4n) is 1.07. The molecule has 0 aromatic carbocycles. The van der Waals surface area contributed by atoms with E-state index >= 15 is 0 Å². The van der Waals surface area contributed by atoms with Gasteiger partial charge in [-0.05, 0) is 33.6 Å². The molecule has 0 radical (unpaired) electrons. The number of aromatic nitrogens is 3. The molecule has 0 bridgehead atoms. The molecule has 2 rings (SSSR count). The molecule has 0 saturated heterocycles. The summed E-state index contributed by atoms with van der Waals surface area (Å²) in [5, 5.41) is 4.13. The molecule has 2 heterocycles. The molecule has 0 spiro atoms. The van der Waals surface area contributed by atoms with E-state index in [1.54, 1.807) is 10.7 Å². The summed E-state index contributed by atoms with van der Waals surface area (Å²) in [6.45, 7) is 0. The van der Waals surface area contributed by atoms with Crippen LogP contribution in [0, 0.1) is 0 Å². The summed E-state index contributed by atoms with van der Waals surface area (Å²) >= 11 is 9.03. The molecule has 0 saturated carbocycles. The smallest absolute Gasteiger partial charge is 0.244 e. The summed E-state index contributed by atoms with van der Waals surface area (Å²) in [6.07, 6.45) is 1.77. The van der Waals surface area contributed by atoms with Crippen molar-refractivity contribution in [3.05, 3.63) is 22.0 Å². The minimum atomic E-state index is 0.160. The van der Waals surface area contributed by atoms with Crippen LogP contribution in [0.5, 0.6) is 5.88 Å². The van der Waals surface area contributed by atoms with Gasteiger partial charge in [0, 0.05) is 6.20 Å². The lowest BCUT2D eigenvalue weighted by Crippen LogP contribution is -1.97. The predicted octanol–water partition coefficient (Wildman–Crippen LogP) is 2.15. The first-order valence-corrected chi connectivity index (χ1v) is 4.64. The van der Waals surface area contributed by atoms with E-state index in [0.717, 1.165) is 9.99 Å². The van der Waals surface area contributed by atoms with E-state index in [-0.39, 0.29) is 5.28 Å². The van der Waals surface area contributed by atoms with Crippen LogP contribution in [-0.2, 0) is 0 Å². The summed E-state index contributed by atoms with van der Waals surface area (Å²) in [5.74, 6) is 0.455. The van der Waals surface area contributed by atoms with Gasteiger partial charge in [0.15, 0.2) is 0 Å². The van der Waals surface area contributed by atoms with Crippen molar-refractivity contribution in [1.29, 1.82) is 0 Å². The summed E-state index contributed by atoms with van der Waals surface area (Å²) in [7, 11) is 1.54. The van der Waals surface area contributed by atoms with E-state index in [1.807, 2.05) is 6.07 Å². The minimum absolute atomic E-state index is 0.160. The monoisotopic (exact) mass is 261 g/mol. The normalized spacial score (nSPS) is 10.7. The molecule has 4 nitrogen and oxygen atoms in total. The van der Waals surface area contributed by atoms with Crippen molar-refractivity contribution in [1.82, 2.24) is 14.6 Å². The van der Waals surface area contributed by atoms with Crippen molar-refractivity contribution in [2.24, 2.45) is 0 Å². The zero-order valence-corrected chi connectivity index (χ0v) is 9.00. The second-order valence-electron chi connectivity index (χ2n) is 2.35. The molecule has 0 amide bonds. The van der Waals surface area contributed by atoms with Gasteiger partial charge in [0.25, 0.3) is 0 Å². The van der Waals surface area contributed by atoms with Gasteiger partial charge in [0.1, 0.15) is 5.52 Å². The van der Waals surface area contributed by atoms with E-state index in [9.17, 15) is 0 Å². The van der Waals surface area contributed by atoms with Crippen LogP contribution in [0.1, 0.15) is 0 Å². The van der Waals surface area contributed by atoms with Gasteiger partial charge in [-0.3, -0.25) is 0 Å². The first-order valence-electron chi connectivity index (χ1n) is 3.46. The quantitative estimate of drug-likeness (QED) is 0.790. The maximum absolute atomic E-state index is 5.67. The molecule has 2 aromatic heterocycles. The second kappa shape index (κ2) is 3.16. The molecule has 68 valence electrons. The Bertz CT molecular complexity index is 456. The lowest BCUT2D eigenvalue weighted by molar-refractivity contribution is 0.399. The van der Waals surface area contributed by atoms with Gasteiger partial charge in [0.05, 0.1) is 11.6 Å². The molecular weight excluding hydrogens is 257 g/mol. The van der Waals surface area contributed by atoms with E-state index in [2.05, 4.69) is 26.0 Å². The molecular formula is C7H5BrClN3O. The average molecular weight is 262 g/mol. The van der Waals surface area contributed by atoms with Crippen molar-refractivity contribution < 1.29 is 4.74 Å². The van der Waals surface area contributed by atoms with Crippen LogP contribution in [0.4, 0.5) is 0 Å². The second-order valence-corrected chi connectivity index (χ2v) is 3.54. The largest absolute Gasteiger partial charge is 0.479 e. The molecule has 0 aliphatic carbocycles. The summed E-state index contributed by atoms with van der Waals surface area (Å²) < 4.78 is 7.55. The number of halogens is 2. The van der Waals surface area contributed by atoms with Crippen LogP contribution in [0.3, 0.4) is 0 Å². The Hall–Kier alpha value is -0.810. The fourth-order valence-corrected chi connectivity index (χ4v) is 1.70. The van der Waals surface area contributed by atoms with E-state index in [1.165, 1.54) is 7.11 Å². The lowest BCUT2D eigenvalue weighted by Gasteiger charge is -2.02. The molecule has 0 unspecified atom stereocenters. The number of hydrogen-bond donors (Lipinski definition) is 0. The van der Waals surface area contributed by atoms with Crippen molar-refractivity contribution in [2.45, 2.75) is 0 Å². The minimum Gasteiger partial charge on any atom is -0.479 e. The standard InChI is InChI=1S/C7H5BrClN3O/c1-13-6-5-4(8)2-3-12(5)11-7(9)10-6/h2-3H,1H3. The van der Waals surface area contributed by atoms with E-state index < -0.39 is 0 Å². The highest BCUT2D eigenvalue weighted by atomic mass is 79.9. The summed E-state index contributed by atoms with van der Waals surface area (Å²) in [5.41, 5.74) is 0.770. The van der Waals surface area contributed by atoms with Crippen molar-refractivity contribution >= 4 is 33.0 Å². The number of methoxy groups -OCH3 is 1. The first kappa shape index (κ1) is 8.77. The third-order valence-electron chi connectivity index (χ3n) is 1.60. The molecule has 13 heavy (non-hydrogen) atoms. The van der Waals surface area contributed by atoms with Crippen LogP contribution in [-0.4, -0.2) is 21.7 Å². The Morgan fingerprint density at radius 1 is 1.62 bits per heavy atom. The molecule has 6 heteroatoms. The fraction of sp³-hybridized carbons (Fsp3) is 0.143. The van der Waals surface area contributed by atoms with E-state index in [0.29, 0.717) is 5.88 Å². The van der Waals surface area contributed by atoms with Crippen LogP contribution in [0.15, 0.2) is 16.7 Å². The highest BCUT2D eigenvalue weighted by molar-refractivity contribution is 9.10. The van der Waals surface area contributed by atoms with Gasteiger partial charge in [0.2, 0.25) is 11.2 Å². The topological polar surface area (TPSA) is 39.4 Å². The average Bonchev–Trinajstić information content (AvgIpc) is 2.46. The van der Waals surface area contributed by atoms with Gasteiger partial charge < -0.3 is 4.74 Å². The maximum atomic E-state index is 5.67. The molecule has 2 aromatic rings. The third kappa shape index (κ3) is 1.38. The molecule has 0 fully saturated rings. The number of nitrogens with zero attached hydrogens (tertiary/aromatic N) is 3. The van der Waals surface area contributed by atoms with Crippen molar-refractivity contribution in [2.75, 3.05) is 7.11 Å². The van der Waals surface area contributed by atoms with Crippen molar-refractivity contribution in [3.63, 3.8) is 0 Å². The highest BCUT2D eigenvalue weighted by Crippen LogP contribution is 2.26. The van der Waals surface area contributed by atoms with Gasteiger partial charge in [-0.2, -0.15) is 4.98 Å². The lowest BCUT2D eigenvalue weighted by atomic mass is 10.5. The molecule has 0 N–H and O–H groups in total. The Morgan fingerprint density at radius 3 is 3.08 bits per heavy atom. The summed E-state index contributed by atoms with van der Waals surface area (Å²) in [6, 6.07) is 1.85. The van der Waals surface area contributed by atoms with Crippen molar-refractivity contribution in [3.8, 4) is 5.88 Å². The third-order valence-corrected chi connectivity index (χ3v) is 2.40. The van der Waals surface area contributed by atoms with Gasteiger partial charge in [-0.1, -0.05) is 0 Å². The van der Waals surface area contributed by atoms with Crippen LogP contribution in [0.2, 0.25) is 5.28 Å². The Morgan fingerprint density at radius 2 is 2.38 bits per heavy atom. The van der Waals surface area contributed by atoms with Gasteiger partial charge in [-0.15, -0.1) is 5.10 Å². The number of hydrogen-bond acceptors (Lipinski definition) is 3. The molecule has 0 aliphatic rings. The zero-order chi connectivity index (χ0) is 9.42. The molecule has 0 aliphatic heterocycles. The van der Waals surface area contributed by atoms with Crippen LogP contribution < -0.4 is 4.74 Å². The first-order chi connectivity index (χ1) is 6.22. The number of ether oxygens (including phenoxy) is 1. The predicted molar refractivity (Wildman–Crippen MR) is 52.2 cm³/mol. The SMILES string of the molecule is COc1nc(Cl)nn2ccc(Br)c12. The highest BCUT2D eigenvalue weighted by Gasteiger charge is 2.10. The van der Waals surface area contributed by atoms with Gasteiger partial charge >= 0.3 is 0 Å². The molecule has 0 atom stereocenters. The number of fused-ring (bicyclic) bond motifs is 1. The summed E-state index contributed by atoms with van der Waals surface area (Å²) in [4.78, 5) is 3.93. The maximum Gasteiger partial charge on any atom is 0.244 e. The Labute approximate surface area is 87.6 Å².